The molecule has 76 valence electrons. The number of alkyl halides is 3. The predicted molar refractivity (Wildman–Crippen MR) is 42.5 cm³/mol. The van der Waals surface area contributed by atoms with Crippen molar-refractivity contribution in [3.63, 3.8) is 0 Å². The molecule has 0 aliphatic carbocycles. The van der Waals surface area contributed by atoms with Gasteiger partial charge in [0.15, 0.2) is 0 Å². The summed E-state index contributed by atoms with van der Waals surface area (Å²) in [6, 6.07) is 0.288. The predicted octanol–water partition coefficient (Wildman–Crippen LogP) is 0.937. The molecule has 3 fully saturated rings. The van der Waals surface area contributed by atoms with E-state index in [-0.39, 0.29) is 12.1 Å². The van der Waals surface area contributed by atoms with Crippen LogP contribution in [0.25, 0.3) is 0 Å². The Labute approximate surface area is 75.3 Å². The highest BCUT2D eigenvalue weighted by molar-refractivity contribution is 5.00. The van der Waals surface area contributed by atoms with Crippen molar-refractivity contribution in [2.75, 3.05) is 26.7 Å². The Morgan fingerprint density at radius 1 is 1.23 bits per heavy atom. The van der Waals surface area contributed by atoms with E-state index in [1.165, 1.54) is 0 Å². The topological polar surface area (TPSA) is 6.48 Å². The number of likely N-dealkylation sites (N-methyl/N-ethyl adjacent to an activating group) is 1. The van der Waals surface area contributed by atoms with Crippen LogP contribution in [0.4, 0.5) is 13.2 Å². The number of piperazine rings is 1. The third-order valence-electron chi connectivity index (χ3n) is 2.89. The van der Waals surface area contributed by atoms with Crippen LogP contribution in [0.2, 0.25) is 0 Å². The summed E-state index contributed by atoms with van der Waals surface area (Å²) < 4.78 is 36.2. The molecule has 2 atom stereocenters. The van der Waals surface area contributed by atoms with Gasteiger partial charge in [0, 0.05) is 25.2 Å². The van der Waals surface area contributed by atoms with Gasteiger partial charge >= 0.3 is 6.18 Å². The summed E-state index contributed by atoms with van der Waals surface area (Å²) in [5.41, 5.74) is 0. The molecule has 0 amide bonds. The Morgan fingerprint density at radius 3 is 2.23 bits per heavy atom. The number of hydrogen-bond acceptors (Lipinski definition) is 2. The van der Waals surface area contributed by atoms with Crippen LogP contribution in [0, 0.1) is 0 Å². The lowest BCUT2D eigenvalue weighted by atomic mass is 9.88. The summed E-state index contributed by atoms with van der Waals surface area (Å²) >= 11 is 0. The molecule has 0 saturated carbocycles. The van der Waals surface area contributed by atoms with Crippen molar-refractivity contribution >= 4 is 0 Å². The normalized spacial score (nSPS) is 36.0. The first-order valence-electron chi connectivity index (χ1n) is 4.47. The second-order valence-electron chi connectivity index (χ2n) is 4.05. The van der Waals surface area contributed by atoms with Gasteiger partial charge in [0.25, 0.3) is 0 Å². The molecule has 0 aromatic rings. The average Bonchev–Trinajstić information content (AvgIpc) is 1.98. The molecular weight excluding hydrogens is 181 g/mol. The molecule has 0 aromatic carbocycles. The van der Waals surface area contributed by atoms with Gasteiger partial charge in [0.05, 0.1) is 6.54 Å². The smallest absolute Gasteiger partial charge is 0.303 e. The third kappa shape index (κ3) is 1.81. The van der Waals surface area contributed by atoms with Gasteiger partial charge in [0.2, 0.25) is 0 Å². The average molecular weight is 194 g/mol. The first kappa shape index (κ1) is 9.27. The maximum atomic E-state index is 12.1. The minimum absolute atomic E-state index is 0.144. The third-order valence-corrected chi connectivity index (χ3v) is 2.89. The molecule has 3 saturated heterocycles. The van der Waals surface area contributed by atoms with Crippen LogP contribution < -0.4 is 0 Å². The number of hydrogen-bond donors (Lipinski definition) is 0. The highest BCUT2D eigenvalue weighted by Gasteiger charge is 2.47. The van der Waals surface area contributed by atoms with Gasteiger partial charge in [-0.3, -0.25) is 4.90 Å². The lowest BCUT2D eigenvalue weighted by molar-refractivity contribution is -0.186. The highest BCUT2D eigenvalue weighted by atomic mass is 19.4. The molecule has 5 heteroatoms. The summed E-state index contributed by atoms with van der Waals surface area (Å²) in [7, 11) is 1.96. The first-order chi connectivity index (χ1) is 5.96. The van der Waals surface area contributed by atoms with Crippen LogP contribution in [0.15, 0.2) is 0 Å². The first-order valence-corrected chi connectivity index (χ1v) is 4.47. The van der Waals surface area contributed by atoms with Crippen molar-refractivity contribution in [2.24, 2.45) is 0 Å². The number of rotatable bonds is 1. The van der Waals surface area contributed by atoms with Crippen molar-refractivity contribution in [1.29, 1.82) is 0 Å². The molecule has 0 radical (unpaired) electrons. The van der Waals surface area contributed by atoms with Crippen molar-refractivity contribution < 1.29 is 13.2 Å². The van der Waals surface area contributed by atoms with Crippen LogP contribution in [0.3, 0.4) is 0 Å². The van der Waals surface area contributed by atoms with E-state index >= 15 is 0 Å². The van der Waals surface area contributed by atoms with E-state index in [1.54, 1.807) is 4.90 Å². The van der Waals surface area contributed by atoms with Gasteiger partial charge in [-0.2, -0.15) is 13.2 Å². The van der Waals surface area contributed by atoms with E-state index in [2.05, 4.69) is 4.90 Å². The Kier molecular flexibility index (Phi) is 2.03. The molecule has 0 aromatic heterocycles. The number of halogens is 3. The molecule has 0 spiro atoms. The summed E-state index contributed by atoms with van der Waals surface area (Å²) in [6.07, 6.45) is -3.09. The van der Waals surface area contributed by atoms with E-state index in [1.807, 2.05) is 7.05 Å². The van der Waals surface area contributed by atoms with E-state index in [0.29, 0.717) is 0 Å². The fourth-order valence-corrected chi connectivity index (χ4v) is 2.36. The largest absolute Gasteiger partial charge is 0.401 e. The number of piperidine rings is 1. The quantitative estimate of drug-likeness (QED) is 0.613. The van der Waals surface area contributed by atoms with Gasteiger partial charge in [0.1, 0.15) is 0 Å². The fraction of sp³-hybridized carbons (Fsp3) is 1.00. The highest BCUT2D eigenvalue weighted by Crippen LogP contribution is 2.34. The van der Waals surface area contributed by atoms with Crippen molar-refractivity contribution in [3.05, 3.63) is 0 Å². The zero-order chi connectivity index (χ0) is 9.64. The summed E-state index contributed by atoms with van der Waals surface area (Å²) in [5.74, 6) is 0. The zero-order valence-electron chi connectivity index (χ0n) is 7.51. The number of nitrogens with zero attached hydrogens (tertiary/aromatic N) is 2. The molecule has 3 aliphatic rings. The number of fused-ring (bicyclic) bond motifs is 2. The maximum absolute atomic E-state index is 12.1. The standard InChI is InChI=1S/C8H13F3N2/c1-12-3-6-2-7(4-12)13(6)5-8(9,10)11/h6-7H,2-5H2,1H3. The molecule has 2 bridgehead atoms. The molecule has 3 heterocycles. The SMILES string of the molecule is CN1CC2CC(C1)N2CC(F)(F)F. The van der Waals surface area contributed by atoms with Gasteiger partial charge < -0.3 is 4.90 Å². The second kappa shape index (κ2) is 2.85. The Balaban J connectivity index is 1.91. The van der Waals surface area contributed by atoms with Gasteiger partial charge in [-0.1, -0.05) is 0 Å². The summed E-state index contributed by atoms with van der Waals surface area (Å²) in [6.45, 7) is 0.843. The van der Waals surface area contributed by atoms with Crippen LogP contribution in [0.5, 0.6) is 0 Å². The fourth-order valence-electron chi connectivity index (χ4n) is 2.36. The van der Waals surface area contributed by atoms with E-state index in [4.69, 9.17) is 0 Å². The van der Waals surface area contributed by atoms with Crippen LogP contribution in [-0.4, -0.2) is 54.7 Å². The molecule has 3 rings (SSSR count). The molecule has 3 aliphatic heterocycles. The monoisotopic (exact) mass is 194 g/mol. The van der Waals surface area contributed by atoms with E-state index in [0.717, 1.165) is 19.5 Å². The minimum Gasteiger partial charge on any atom is -0.303 e. The zero-order valence-corrected chi connectivity index (χ0v) is 7.51. The van der Waals surface area contributed by atoms with Crippen LogP contribution >= 0.6 is 0 Å². The van der Waals surface area contributed by atoms with Crippen LogP contribution in [0.1, 0.15) is 6.42 Å². The van der Waals surface area contributed by atoms with E-state index in [9.17, 15) is 13.2 Å². The second-order valence-corrected chi connectivity index (χ2v) is 4.05. The Bertz CT molecular complexity index is 192. The van der Waals surface area contributed by atoms with Gasteiger partial charge in [-0.05, 0) is 13.5 Å². The summed E-state index contributed by atoms with van der Waals surface area (Å²) in [4.78, 5) is 3.69. The van der Waals surface area contributed by atoms with Gasteiger partial charge in [-0.15, -0.1) is 0 Å². The van der Waals surface area contributed by atoms with E-state index < -0.39 is 12.7 Å². The van der Waals surface area contributed by atoms with Gasteiger partial charge in [-0.25, -0.2) is 0 Å². The molecule has 13 heavy (non-hydrogen) atoms. The molecule has 2 nitrogen and oxygen atoms in total. The van der Waals surface area contributed by atoms with Crippen molar-refractivity contribution in [3.8, 4) is 0 Å². The van der Waals surface area contributed by atoms with Crippen LogP contribution in [-0.2, 0) is 0 Å². The Hall–Kier alpha value is -0.290. The van der Waals surface area contributed by atoms with Crippen molar-refractivity contribution in [2.45, 2.75) is 24.7 Å². The molecular formula is C8H13F3N2. The minimum atomic E-state index is -4.03. The lowest BCUT2D eigenvalue weighted by Gasteiger charge is -2.55. The molecule has 2 unspecified atom stereocenters. The lowest BCUT2D eigenvalue weighted by Crippen LogP contribution is -2.69. The molecule has 0 N–H and O–H groups in total. The maximum Gasteiger partial charge on any atom is 0.401 e. The Morgan fingerprint density at radius 2 is 1.77 bits per heavy atom. The summed E-state index contributed by atoms with van der Waals surface area (Å²) in [5, 5.41) is 0. The van der Waals surface area contributed by atoms with Crippen molar-refractivity contribution in [1.82, 2.24) is 9.80 Å².